The van der Waals surface area contributed by atoms with Crippen molar-refractivity contribution in [2.24, 2.45) is 0 Å². The second-order valence-electron chi connectivity index (χ2n) is 5.35. The first kappa shape index (κ1) is 15.5. The Hall–Kier alpha value is -1.87. The van der Waals surface area contributed by atoms with Gasteiger partial charge in [-0.1, -0.05) is 25.1 Å². The predicted molar refractivity (Wildman–Crippen MR) is 86.5 cm³/mol. The van der Waals surface area contributed by atoms with E-state index in [1.807, 2.05) is 18.3 Å². The van der Waals surface area contributed by atoms with Crippen molar-refractivity contribution in [2.75, 3.05) is 6.54 Å². The Balaban J connectivity index is 1.99. The first-order valence-corrected chi connectivity index (χ1v) is 7.56. The van der Waals surface area contributed by atoms with E-state index in [1.54, 1.807) is 6.20 Å². The highest BCUT2D eigenvalue weighted by atomic mass is 16.5. The molecule has 2 rings (SSSR count). The van der Waals surface area contributed by atoms with Crippen LogP contribution in [0.4, 0.5) is 0 Å². The molecule has 0 aliphatic heterocycles. The van der Waals surface area contributed by atoms with E-state index in [9.17, 15) is 0 Å². The molecule has 0 aliphatic rings. The van der Waals surface area contributed by atoms with Crippen molar-refractivity contribution in [3.63, 3.8) is 0 Å². The van der Waals surface area contributed by atoms with Crippen LogP contribution < -0.4 is 10.1 Å². The molecule has 0 fully saturated rings. The third-order valence-electron chi connectivity index (χ3n) is 3.52. The van der Waals surface area contributed by atoms with Gasteiger partial charge in [-0.25, -0.2) is 0 Å². The molecule has 0 aliphatic carbocycles. The fraction of sp³-hybridized carbons (Fsp3) is 0.389. The number of benzene rings is 1. The zero-order chi connectivity index (χ0) is 15.1. The van der Waals surface area contributed by atoms with Gasteiger partial charge >= 0.3 is 0 Å². The Kier molecular flexibility index (Phi) is 5.76. The number of aromatic nitrogens is 1. The van der Waals surface area contributed by atoms with Gasteiger partial charge in [-0.2, -0.15) is 0 Å². The summed E-state index contributed by atoms with van der Waals surface area (Å²) >= 11 is 0. The fourth-order valence-corrected chi connectivity index (χ4v) is 2.23. The van der Waals surface area contributed by atoms with E-state index < -0.39 is 0 Å². The third-order valence-corrected chi connectivity index (χ3v) is 3.52. The molecule has 0 radical (unpaired) electrons. The first-order valence-electron chi connectivity index (χ1n) is 7.56. The van der Waals surface area contributed by atoms with Gasteiger partial charge in [0.05, 0.1) is 0 Å². The minimum atomic E-state index is 0.371. The van der Waals surface area contributed by atoms with Gasteiger partial charge in [0.1, 0.15) is 12.4 Å². The number of aryl methyl sites for hydroxylation is 1. The Bertz CT molecular complexity index is 554. The molecule has 1 heterocycles. The summed E-state index contributed by atoms with van der Waals surface area (Å²) in [6.07, 6.45) is 4.75. The lowest BCUT2D eigenvalue weighted by Gasteiger charge is -2.16. The molecule has 21 heavy (non-hydrogen) atoms. The first-order chi connectivity index (χ1) is 10.2. The quantitative estimate of drug-likeness (QED) is 0.833. The number of nitrogens with one attached hydrogen (secondary N) is 1. The minimum absolute atomic E-state index is 0.371. The van der Waals surface area contributed by atoms with E-state index in [2.05, 4.69) is 49.3 Å². The lowest BCUT2D eigenvalue weighted by Crippen LogP contribution is -2.19. The summed E-state index contributed by atoms with van der Waals surface area (Å²) in [5.41, 5.74) is 3.55. The topological polar surface area (TPSA) is 34.1 Å². The van der Waals surface area contributed by atoms with E-state index in [4.69, 9.17) is 4.74 Å². The molecular formula is C18H24N2O. The molecule has 1 unspecified atom stereocenters. The summed E-state index contributed by atoms with van der Waals surface area (Å²) in [7, 11) is 0. The maximum Gasteiger partial charge on any atom is 0.122 e. The van der Waals surface area contributed by atoms with Crippen LogP contribution in [0.2, 0.25) is 0 Å². The highest BCUT2D eigenvalue weighted by molar-refractivity contribution is 5.37. The van der Waals surface area contributed by atoms with E-state index in [1.165, 1.54) is 11.1 Å². The largest absolute Gasteiger partial charge is 0.489 e. The molecular weight excluding hydrogens is 260 g/mol. The van der Waals surface area contributed by atoms with Crippen molar-refractivity contribution in [3.8, 4) is 5.75 Å². The third kappa shape index (κ3) is 4.57. The van der Waals surface area contributed by atoms with E-state index >= 15 is 0 Å². The number of hydrogen-bond acceptors (Lipinski definition) is 3. The van der Waals surface area contributed by atoms with Crippen LogP contribution in [0.1, 0.15) is 43.0 Å². The molecule has 0 saturated heterocycles. The molecule has 0 saturated carbocycles. The average molecular weight is 284 g/mol. The van der Waals surface area contributed by atoms with Crippen LogP contribution in [0.3, 0.4) is 0 Å². The van der Waals surface area contributed by atoms with Crippen LogP contribution in [0, 0.1) is 6.92 Å². The molecule has 0 amide bonds. The van der Waals surface area contributed by atoms with Crippen molar-refractivity contribution >= 4 is 0 Å². The zero-order valence-electron chi connectivity index (χ0n) is 13.1. The lowest BCUT2D eigenvalue weighted by molar-refractivity contribution is 0.303. The number of pyridine rings is 1. The van der Waals surface area contributed by atoms with Crippen LogP contribution in [-0.2, 0) is 6.61 Å². The van der Waals surface area contributed by atoms with Crippen LogP contribution in [0.15, 0.2) is 42.7 Å². The molecule has 0 spiro atoms. The van der Waals surface area contributed by atoms with E-state index in [-0.39, 0.29) is 0 Å². The van der Waals surface area contributed by atoms with Crippen molar-refractivity contribution in [2.45, 2.75) is 39.8 Å². The molecule has 1 aromatic heterocycles. The SMILES string of the molecule is CCCNC(C)c1ccc(OCc2cccnc2)c(C)c1. The Morgan fingerprint density at radius 2 is 2.14 bits per heavy atom. The molecule has 112 valence electrons. The maximum atomic E-state index is 5.88. The highest BCUT2D eigenvalue weighted by Gasteiger charge is 2.07. The van der Waals surface area contributed by atoms with Gasteiger partial charge in [-0.3, -0.25) is 4.98 Å². The standard InChI is InChI=1S/C18H24N2O/c1-4-9-20-15(3)17-7-8-18(14(2)11-17)21-13-16-6-5-10-19-12-16/h5-8,10-12,15,20H,4,9,13H2,1-3H3. The Morgan fingerprint density at radius 1 is 1.29 bits per heavy atom. The van der Waals surface area contributed by atoms with Gasteiger partial charge < -0.3 is 10.1 Å². The molecule has 1 atom stereocenters. The van der Waals surface area contributed by atoms with Gasteiger partial charge in [0.2, 0.25) is 0 Å². The lowest BCUT2D eigenvalue weighted by atomic mass is 10.0. The monoisotopic (exact) mass is 284 g/mol. The highest BCUT2D eigenvalue weighted by Crippen LogP contribution is 2.23. The number of rotatable bonds is 7. The minimum Gasteiger partial charge on any atom is -0.489 e. The molecule has 0 bridgehead atoms. The number of ether oxygens (including phenoxy) is 1. The van der Waals surface area contributed by atoms with E-state index in [0.29, 0.717) is 12.6 Å². The average Bonchev–Trinajstić information content (AvgIpc) is 2.52. The Morgan fingerprint density at radius 3 is 2.81 bits per heavy atom. The summed E-state index contributed by atoms with van der Waals surface area (Å²) in [6, 6.07) is 10.7. The van der Waals surface area contributed by atoms with Crippen molar-refractivity contribution < 1.29 is 4.74 Å². The summed E-state index contributed by atoms with van der Waals surface area (Å²) in [6.45, 7) is 8.06. The van der Waals surface area contributed by atoms with Crippen molar-refractivity contribution in [3.05, 3.63) is 59.4 Å². The van der Waals surface area contributed by atoms with Crippen LogP contribution in [0.25, 0.3) is 0 Å². The summed E-state index contributed by atoms with van der Waals surface area (Å²) < 4.78 is 5.88. The smallest absolute Gasteiger partial charge is 0.122 e. The van der Waals surface area contributed by atoms with Gasteiger partial charge in [-0.15, -0.1) is 0 Å². The van der Waals surface area contributed by atoms with Crippen molar-refractivity contribution in [1.29, 1.82) is 0 Å². The van der Waals surface area contributed by atoms with Gasteiger partial charge in [0.15, 0.2) is 0 Å². The molecule has 3 heteroatoms. The summed E-state index contributed by atoms with van der Waals surface area (Å²) in [4.78, 5) is 4.10. The van der Waals surface area contributed by atoms with Gasteiger partial charge in [0, 0.05) is 24.0 Å². The summed E-state index contributed by atoms with van der Waals surface area (Å²) in [5.74, 6) is 0.935. The normalized spacial score (nSPS) is 12.1. The summed E-state index contributed by atoms with van der Waals surface area (Å²) in [5, 5.41) is 3.50. The number of nitrogens with zero attached hydrogens (tertiary/aromatic N) is 1. The van der Waals surface area contributed by atoms with Gasteiger partial charge in [0.25, 0.3) is 0 Å². The molecule has 1 N–H and O–H groups in total. The van der Waals surface area contributed by atoms with E-state index in [0.717, 1.165) is 24.3 Å². The molecule has 1 aromatic carbocycles. The Labute approximate surface area is 127 Å². The molecule has 2 aromatic rings. The second-order valence-corrected chi connectivity index (χ2v) is 5.35. The predicted octanol–water partition coefficient (Wildman–Crippen LogP) is 4.03. The van der Waals surface area contributed by atoms with Crippen LogP contribution >= 0.6 is 0 Å². The van der Waals surface area contributed by atoms with Crippen LogP contribution in [-0.4, -0.2) is 11.5 Å². The van der Waals surface area contributed by atoms with Gasteiger partial charge in [-0.05, 0) is 50.1 Å². The maximum absolute atomic E-state index is 5.88. The second kappa shape index (κ2) is 7.79. The molecule has 3 nitrogen and oxygen atoms in total. The van der Waals surface area contributed by atoms with Crippen LogP contribution in [0.5, 0.6) is 5.75 Å². The zero-order valence-corrected chi connectivity index (χ0v) is 13.1. The number of hydrogen-bond donors (Lipinski definition) is 1. The fourth-order valence-electron chi connectivity index (χ4n) is 2.23. The van der Waals surface area contributed by atoms with Crippen molar-refractivity contribution in [1.82, 2.24) is 10.3 Å².